The van der Waals surface area contributed by atoms with Crippen molar-refractivity contribution in [1.82, 2.24) is 15.6 Å². The zero-order chi connectivity index (χ0) is 28.0. The highest BCUT2D eigenvalue weighted by Gasteiger charge is 2.20. The van der Waals surface area contributed by atoms with Crippen LogP contribution in [0.2, 0.25) is 0 Å². The molecule has 0 unspecified atom stereocenters. The highest BCUT2D eigenvalue weighted by Crippen LogP contribution is 2.21. The van der Waals surface area contributed by atoms with Crippen molar-refractivity contribution >= 4 is 34.2 Å². The number of rotatable bonds is 15. The minimum Gasteiger partial charge on any atom is -0.367 e. The Bertz CT molecular complexity index is 1390. The number of hydrogen-bond acceptors (Lipinski definition) is 6. The monoisotopic (exact) mass is 538 g/mol. The first-order valence-corrected chi connectivity index (χ1v) is 13.4. The number of amides is 2. The Kier molecular flexibility index (Phi) is 10.9. The lowest BCUT2D eigenvalue weighted by Crippen LogP contribution is -2.43. The molecule has 0 aliphatic rings. The summed E-state index contributed by atoms with van der Waals surface area (Å²) in [6, 6.07) is 27.5. The number of ether oxygens (including phenoxy) is 1. The quantitative estimate of drug-likeness (QED) is 0.152. The topological polar surface area (TPSA) is 109 Å². The van der Waals surface area contributed by atoms with Gasteiger partial charge in [0.2, 0.25) is 11.8 Å². The number of Topliss-reactive ketones (excluding diaryl/α,β-unsaturated/α-hetero) is 1. The average molecular weight is 539 g/mol. The fourth-order valence-electron chi connectivity index (χ4n) is 4.28. The van der Waals surface area contributed by atoms with E-state index in [0.717, 1.165) is 10.9 Å². The molecule has 0 radical (unpaired) electrons. The highest BCUT2D eigenvalue weighted by atomic mass is 16.5. The second kappa shape index (κ2) is 15.3. The van der Waals surface area contributed by atoms with Gasteiger partial charge in [0.05, 0.1) is 30.4 Å². The first-order valence-electron chi connectivity index (χ1n) is 13.4. The zero-order valence-corrected chi connectivity index (χ0v) is 22.3. The summed E-state index contributed by atoms with van der Waals surface area (Å²) in [4.78, 5) is 42.5. The van der Waals surface area contributed by atoms with Crippen LogP contribution in [0.1, 0.15) is 35.2 Å². The molecule has 0 saturated carbocycles. The Morgan fingerprint density at radius 3 is 2.38 bits per heavy atom. The van der Waals surface area contributed by atoms with Gasteiger partial charge in [-0.05, 0) is 37.0 Å². The lowest BCUT2D eigenvalue weighted by atomic mass is 10.1. The maximum Gasteiger partial charge on any atom is 0.246 e. The molecular weight excluding hydrogens is 504 g/mol. The van der Waals surface area contributed by atoms with E-state index in [1.54, 1.807) is 18.3 Å². The number of para-hydroxylation sites is 1. The van der Waals surface area contributed by atoms with E-state index in [2.05, 4.69) is 20.9 Å². The number of nitrogens with zero attached hydrogens (tertiary/aromatic N) is 1. The van der Waals surface area contributed by atoms with Crippen LogP contribution in [0.3, 0.4) is 0 Å². The van der Waals surface area contributed by atoms with E-state index in [1.165, 1.54) is 0 Å². The summed E-state index contributed by atoms with van der Waals surface area (Å²) in [5.74, 6) is -0.509. The summed E-state index contributed by atoms with van der Waals surface area (Å²) in [6.45, 7) is 0.871. The van der Waals surface area contributed by atoms with Gasteiger partial charge in [-0.15, -0.1) is 0 Å². The minimum atomic E-state index is -0.600. The molecule has 40 heavy (non-hydrogen) atoms. The van der Waals surface area contributed by atoms with Crippen LogP contribution in [0.25, 0.3) is 10.9 Å². The van der Waals surface area contributed by atoms with Crippen LogP contribution >= 0.6 is 0 Å². The smallest absolute Gasteiger partial charge is 0.246 e. The second-order valence-electron chi connectivity index (χ2n) is 9.42. The number of unbranched alkanes of at least 4 members (excludes halogenated alkanes) is 1. The maximum atomic E-state index is 13.3. The third-order valence-corrected chi connectivity index (χ3v) is 6.40. The van der Waals surface area contributed by atoms with E-state index < -0.39 is 6.04 Å². The van der Waals surface area contributed by atoms with E-state index >= 15 is 0 Å². The molecule has 8 nitrogen and oxygen atoms in total. The lowest BCUT2D eigenvalue weighted by Gasteiger charge is -2.19. The molecule has 0 spiro atoms. The van der Waals surface area contributed by atoms with Gasteiger partial charge < -0.3 is 15.4 Å². The van der Waals surface area contributed by atoms with Crippen LogP contribution in [0, 0.1) is 0 Å². The molecule has 1 atom stereocenters. The normalized spacial score (nSPS) is 11.6. The number of benzene rings is 3. The van der Waals surface area contributed by atoms with Crippen molar-refractivity contribution in [2.75, 3.05) is 25.0 Å². The van der Waals surface area contributed by atoms with Crippen molar-refractivity contribution in [2.24, 2.45) is 0 Å². The largest absolute Gasteiger partial charge is 0.367 e. The van der Waals surface area contributed by atoms with Crippen LogP contribution in [0.15, 0.2) is 97.2 Å². The molecule has 2 amide bonds. The standard InChI is InChI=1S/C32H34N4O4/c37-29(25-13-5-2-6-14-25)21-35-28(32(39)36-27-18-9-15-26-16-10-20-34-31(26)27)17-7-8-19-33-30(38)23-40-22-24-11-3-1-4-12-24/h1-6,9-16,18,20,28,35H,7-8,17,19,21-23H2,(H,33,38)(H,36,39)/t28-/m0/s1. The molecule has 0 aliphatic heterocycles. The van der Waals surface area contributed by atoms with Gasteiger partial charge in [-0.3, -0.25) is 24.7 Å². The summed E-state index contributed by atoms with van der Waals surface area (Å²) in [6.07, 6.45) is 3.53. The number of anilines is 1. The number of aromatic nitrogens is 1. The summed E-state index contributed by atoms with van der Waals surface area (Å²) in [5.41, 5.74) is 2.92. The van der Waals surface area contributed by atoms with Gasteiger partial charge >= 0.3 is 0 Å². The van der Waals surface area contributed by atoms with Gasteiger partial charge in [-0.1, -0.05) is 78.9 Å². The van der Waals surface area contributed by atoms with Crippen LogP contribution in [0.4, 0.5) is 5.69 Å². The van der Waals surface area contributed by atoms with Gasteiger partial charge in [0.15, 0.2) is 5.78 Å². The summed E-state index contributed by atoms with van der Waals surface area (Å²) < 4.78 is 5.47. The average Bonchev–Trinajstić information content (AvgIpc) is 2.99. The molecule has 1 aromatic heterocycles. The molecule has 3 aromatic carbocycles. The summed E-state index contributed by atoms with van der Waals surface area (Å²) in [7, 11) is 0. The van der Waals surface area contributed by atoms with Crippen molar-refractivity contribution < 1.29 is 19.1 Å². The molecule has 0 aliphatic carbocycles. The fraction of sp³-hybridized carbons (Fsp3) is 0.250. The van der Waals surface area contributed by atoms with Gasteiger partial charge in [-0.25, -0.2) is 0 Å². The predicted octanol–water partition coefficient (Wildman–Crippen LogP) is 4.52. The fourth-order valence-corrected chi connectivity index (χ4v) is 4.28. The maximum absolute atomic E-state index is 13.3. The Morgan fingerprint density at radius 2 is 1.57 bits per heavy atom. The zero-order valence-electron chi connectivity index (χ0n) is 22.3. The Balaban J connectivity index is 1.27. The van der Waals surface area contributed by atoms with Crippen molar-refractivity contribution in [3.8, 4) is 0 Å². The molecule has 0 saturated heterocycles. The van der Waals surface area contributed by atoms with E-state index in [9.17, 15) is 14.4 Å². The van der Waals surface area contributed by atoms with Gasteiger partial charge in [-0.2, -0.15) is 0 Å². The molecular formula is C32H34N4O4. The van der Waals surface area contributed by atoms with Gasteiger partial charge in [0.25, 0.3) is 0 Å². The number of carbonyl (C=O) groups excluding carboxylic acids is 3. The number of carbonyl (C=O) groups is 3. The Morgan fingerprint density at radius 1 is 0.825 bits per heavy atom. The second-order valence-corrected chi connectivity index (χ2v) is 9.42. The van der Waals surface area contributed by atoms with E-state index in [-0.39, 0.29) is 30.7 Å². The summed E-state index contributed by atoms with van der Waals surface area (Å²) in [5, 5.41) is 9.90. The van der Waals surface area contributed by atoms with Crippen molar-refractivity contribution in [3.63, 3.8) is 0 Å². The number of nitrogens with one attached hydrogen (secondary N) is 3. The first-order chi connectivity index (χ1) is 19.6. The third kappa shape index (κ3) is 8.83. The minimum absolute atomic E-state index is 0.0118. The number of hydrogen-bond donors (Lipinski definition) is 3. The third-order valence-electron chi connectivity index (χ3n) is 6.40. The molecule has 0 fully saturated rings. The van der Waals surface area contributed by atoms with Crippen molar-refractivity contribution in [1.29, 1.82) is 0 Å². The number of ketones is 1. The lowest BCUT2D eigenvalue weighted by molar-refractivity contribution is -0.126. The van der Waals surface area contributed by atoms with Crippen LogP contribution in [-0.2, 0) is 20.9 Å². The van der Waals surface area contributed by atoms with E-state index in [4.69, 9.17) is 4.74 Å². The molecule has 1 heterocycles. The van der Waals surface area contributed by atoms with Crippen molar-refractivity contribution in [3.05, 3.63) is 108 Å². The van der Waals surface area contributed by atoms with Crippen LogP contribution in [-0.4, -0.2) is 48.3 Å². The molecule has 4 aromatic rings. The van der Waals surface area contributed by atoms with E-state index in [1.807, 2.05) is 78.9 Å². The van der Waals surface area contributed by atoms with E-state index in [0.29, 0.717) is 49.2 Å². The molecule has 206 valence electrons. The molecule has 0 bridgehead atoms. The Hall–Kier alpha value is -4.40. The molecule has 3 N–H and O–H groups in total. The first kappa shape index (κ1) is 28.6. The Labute approximate surface area is 234 Å². The molecule has 4 rings (SSSR count). The number of pyridine rings is 1. The molecule has 8 heteroatoms. The number of fused-ring (bicyclic) bond motifs is 1. The van der Waals surface area contributed by atoms with Gasteiger partial charge in [0, 0.05) is 23.7 Å². The predicted molar refractivity (Wildman–Crippen MR) is 156 cm³/mol. The van der Waals surface area contributed by atoms with Crippen LogP contribution in [0.5, 0.6) is 0 Å². The van der Waals surface area contributed by atoms with Crippen molar-refractivity contribution in [2.45, 2.75) is 31.9 Å². The summed E-state index contributed by atoms with van der Waals surface area (Å²) >= 11 is 0. The van der Waals surface area contributed by atoms with Crippen LogP contribution < -0.4 is 16.0 Å². The van der Waals surface area contributed by atoms with Gasteiger partial charge in [0.1, 0.15) is 6.61 Å². The SMILES string of the molecule is O=C(COCc1ccccc1)NCCCC[C@H](NCC(=O)c1ccccc1)C(=O)Nc1cccc2cccnc12. The highest BCUT2D eigenvalue weighted by molar-refractivity contribution is 6.03.